The molecular weight excluding hydrogens is 154 g/mol. The van der Waals surface area contributed by atoms with E-state index in [1.807, 2.05) is 0 Å². The summed E-state index contributed by atoms with van der Waals surface area (Å²) in [6.07, 6.45) is 5.00. The summed E-state index contributed by atoms with van der Waals surface area (Å²) in [5.41, 5.74) is 1.61. The Balaban J connectivity index is 2.52. The van der Waals surface area contributed by atoms with Crippen LogP contribution in [0.25, 0.3) is 6.08 Å². The molecule has 2 rings (SSSR count). The van der Waals surface area contributed by atoms with Crippen molar-refractivity contribution < 1.29 is 10.2 Å². The van der Waals surface area contributed by atoms with Crippen LogP contribution in [-0.2, 0) is 0 Å². The van der Waals surface area contributed by atoms with Crippen molar-refractivity contribution in [2.24, 2.45) is 0 Å². The van der Waals surface area contributed by atoms with E-state index in [-0.39, 0.29) is 0 Å². The van der Waals surface area contributed by atoms with Crippen LogP contribution in [0.2, 0.25) is 0 Å². The predicted molar refractivity (Wildman–Crippen MR) is 44.2 cm³/mol. The normalized spacial score (nSPS) is 26.8. The van der Waals surface area contributed by atoms with Crippen molar-refractivity contribution >= 4 is 6.08 Å². The molecule has 0 bridgehead atoms. The highest BCUT2D eigenvalue weighted by Gasteiger charge is 2.21. The van der Waals surface area contributed by atoms with Gasteiger partial charge >= 0.3 is 0 Å². The summed E-state index contributed by atoms with van der Waals surface area (Å²) < 4.78 is 0. The maximum Gasteiger partial charge on any atom is 0.109 e. The van der Waals surface area contributed by atoms with Crippen molar-refractivity contribution in [3.63, 3.8) is 0 Å². The van der Waals surface area contributed by atoms with E-state index in [4.69, 9.17) is 0 Å². The Hall–Kier alpha value is -1.19. The van der Waals surface area contributed by atoms with Crippen LogP contribution in [0.3, 0.4) is 0 Å². The maximum atomic E-state index is 9.50. The second kappa shape index (κ2) is 2.69. The molecule has 3 nitrogen and oxygen atoms in total. The topological polar surface area (TPSA) is 53.4 Å². The molecule has 0 aromatic carbocycles. The van der Waals surface area contributed by atoms with E-state index >= 15 is 0 Å². The molecule has 2 N–H and O–H groups in total. The maximum absolute atomic E-state index is 9.50. The van der Waals surface area contributed by atoms with Crippen LogP contribution < -0.4 is 0 Å². The molecule has 3 heteroatoms. The quantitative estimate of drug-likeness (QED) is 0.585. The Bertz CT molecular complexity index is 322. The Morgan fingerprint density at radius 1 is 1.33 bits per heavy atom. The van der Waals surface area contributed by atoms with E-state index in [0.717, 1.165) is 11.1 Å². The number of aliphatic hydroxyl groups excluding tert-OH is 2. The second-order valence-electron chi connectivity index (χ2n) is 2.80. The van der Waals surface area contributed by atoms with Crippen LogP contribution in [0.15, 0.2) is 24.5 Å². The fourth-order valence-electron chi connectivity index (χ4n) is 1.32. The molecular formula is C9H9NO2. The number of pyridine rings is 1. The van der Waals surface area contributed by atoms with Gasteiger partial charge in [0.05, 0.1) is 0 Å². The highest BCUT2D eigenvalue weighted by atomic mass is 16.3. The lowest BCUT2D eigenvalue weighted by atomic mass is 9.95. The molecule has 0 amide bonds. The lowest BCUT2D eigenvalue weighted by Crippen LogP contribution is -2.19. The monoisotopic (exact) mass is 163 g/mol. The summed E-state index contributed by atoms with van der Waals surface area (Å²) in [6, 6.07) is 1.72. The van der Waals surface area contributed by atoms with Crippen molar-refractivity contribution in [1.29, 1.82) is 0 Å². The molecule has 12 heavy (non-hydrogen) atoms. The summed E-state index contributed by atoms with van der Waals surface area (Å²) in [5.74, 6) is 0. The van der Waals surface area contributed by atoms with Gasteiger partial charge in [-0.3, -0.25) is 4.98 Å². The van der Waals surface area contributed by atoms with Gasteiger partial charge in [0.1, 0.15) is 12.2 Å². The van der Waals surface area contributed by atoms with E-state index in [1.54, 1.807) is 30.6 Å². The number of hydrogen-bond acceptors (Lipinski definition) is 3. The average molecular weight is 163 g/mol. The molecule has 1 aromatic heterocycles. The van der Waals surface area contributed by atoms with E-state index < -0.39 is 12.2 Å². The molecule has 0 radical (unpaired) electrons. The van der Waals surface area contributed by atoms with Gasteiger partial charge in [-0.1, -0.05) is 12.2 Å². The van der Waals surface area contributed by atoms with E-state index in [9.17, 15) is 10.2 Å². The van der Waals surface area contributed by atoms with Gasteiger partial charge < -0.3 is 10.2 Å². The zero-order valence-electron chi connectivity index (χ0n) is 6.38. The second-order valence-corrected chi connectivity index (χ2v) is 2.80. The molecule has 1 aromatic rings. The van der Waals surface area contributed by atoms with E-state index in [2.05, 4.69) is 4.98 Å². The number of aliphatic hydroxyl groups is 2. The van der Waals surface area contributed by atoms with Gasteiger partial charge in [0.2, 0.25) is 0 Å². The van der Waals surface area contributed by atoms with Crippen LogP contribution in [0, 0.1) is 0 Å². The molecule has 0 aliphatic heterocycles. The minimum Gasteiger partial charge on any atom is -0.386 e. The third kappa shape index (κ3) is 1.03. The van der Waals surface area contributed by atoms with Gasteiger partial charge in [-0.25, -0.2) is 0 Å². The van der Waals surface area contributed by atoms with E-state index in [0.29, 0.717) is 0 Å². The van der Waals surface area contributed by atoms with Crippen molar-refractivity contribution in [3.8, 4) is 0 Å². The molecule has 0 saturated carbocycles. The summed E-state index contributed by atoms with van der Waals surface area (Å²) in [7, 11) is 0. The smallest absolute Gasteiger partial charge is 0.109 e. The molecule has 0 unspecified atom stereocenters. The fourth-order valence-corrected chi connectivity index (χ4v) is 1.32. The largest absolute Gasteiger partial charge is 0.386 e. The van der Waals surface area contributed by atoms with Gasteiger partial charge in [-0.2, -0.15) is 0 Å². The fraction of sp³-hybridized carbons (Fsp3) is 0.222. The molecule has 62 valence electrons. The minimum absolute atomic E-state index is 0.736. The Morgan fingerprint density at radius 2 is 2.17 bits per heavy atom. The number of fused-ring (bicyclic) bond motifs is 1. The van der Waals surface area contributed by atoms with Gasteiger partial charge in [0, 0.05) is 12.4 Å². The van der Waals surface area contributed by atoms with Crippen molar-refractivity contribution in [3.05, 3.63) is 35.7 Å². The van der Waals surface area contributed by atoms with Gasteiger partial charge in [-0.15, -0.1) is 0 Å². The molecule has 0 fully saturated rings. The predicted octanol–water partition coefficient (Wildman–Crippen LogP) is 0.503. The summed E-state index contributed by atoms with van der Waals surface area (Å²) in [4.78, 5) is 3.91. The lowest BCUT2D eigenvalue weighted by Gasteiger charge is -2.20. The Kier molecular flexibility index (Phi) is 1.67. The molecule has 1 aliphatic rings. The van der Waals surface area contributed by atoms with Gasteiger partial charge in [0.25, 0.3) is 0 Å². The summed E-state index contributed by atoms with van der Waals surface area (Å²) >= 11 is 0. The zero-order chi connectivity index (χ0) is 8.55. The Morgan fingerprint density at radius 3 is 3.00 bits per heavy atom. The minimum atomic E-state index is -0.812. The van der Waals surface area contributed by atoms with Crippen LogP contribution in [0.4, 0.5) is 0 Å². The molecule has 0 spiro atoms. The van der Waals surface area contributed by atoms with Crippen molar-refractivity contribution in [2.45, 2.75) is 12.2 Å². The molecule has 1 heterocycles. The number of aromatic nitrogens is 1. The van der Waals surface area contributed by atoms with Gasteiger partial charge in [0.15, 0.2) is 0 Å². The highest BCUT2D eigenvalue weighted by molar-refractivity contribution is 5.56. The SMILES string of the molecule is O[C@H]1C=Cc2cnccc2[C@@H]1O. The number of rotatable bonds is 0. The van der Waals surface area contributed by atoms with Crippen LogP contribution >= 0.6 is 0 Å². The molecule has 1 aliphatic carbocycles. The average Bonchev–Trinajstić information content (AvgIpc) is 2.12. The van der Waals surface area contributed by atoms with E-state index in [1.165, 1.54) is 0 Å². The van der Waals surface area contributed by atoms with Crippen molar-refractivity contribution in [1.82, 2.24) is 4.98 Å². The van der Waals surface area contributed by atoms with Crippen LogP contribution in [0.1, 0.15) is 17.2 Å². The number of nitrogens with zero attached hydrogens (tertiary/aromatic N) is 1. The first kappa shape index (κ1) is 7.46. The summed E-state index contributed by atoms with van der Waals surface area (Å²) in [6.45, 7) is 0. The molecule has 2 atom stereocenters. The zero-order valence-corrected chi connectivity index (χ0v) is 6.38. The van der Waals surface area contributed by atoms with Gasteiger partial charge in [-0.05, 0) is 17.2 Å². The standard InChI is InChI=1S/C9H9NO2/c11-8-2-1-6-5-10-4-3-7(6)9(8)12/h1-5,8-9,11-12H/t8-,9-/m0/s1. The first-order chi connectivity index (χ1) is 5.79. The Labute approximate surface area is 70.0 Å². The van der Waals surface area contributed by atoms with Crippen LogP contribution in [0.5, 0.6) is 0 Å². The first-order valence-electron chi connectivity index (χ1n) is 3.77. The third-order valence-corrected chi connectivity index (χ3v) is 2.00. The van der Waals surface area contributed by atoms with Crippen LogP contribution in [-0.4, -0.2) is 21.3 Å². The third-order valence-electron chi connectivity index (χ3n) is 2.00. The number of hydrogen-bond donors (Lipinski definition) is 2. The molecule has 0 saturated heterocycles. The highest BCUT2D eigenvalue weighted by Crippen LogP contribution is 2.26. The first-order valence-corrected chi connectivity index (χ1v) is 3.77. The summed E-state index contributed by atoms with van der Waals surface area (Å²) in [5, 5.41) is 18.8. The van der Waals surface area contributed by atoms with Crippen molar-refractivity contribution in [2.75, 3.05) is 0 Å². The lowest BCUT2D eigenvalue weighted by molar-refractivity contribution is 0.0469.